The molecule has 1 rings (SSSR count). The normalized spacial score (nSPS) is 17.1. The molecule has 0 saturated carbocycles. The number of hydrogen-bond donors (Lipinski definition) is 3. The van der Waals surface area contributed by atoms with E-state index in [4.69, 9.17) is 0 Å². The van der Waals surface area contributed by atoms with Gasteiger partial charge in [-0.25, -0.2) is 0 Å². The minimum Gasteiger partial charge on any atom is -0.356 e. The Kier molecular flexibility index (Phi) is 4.04. The maximum atomic E-state index is 11.0. The van der Waals surface area contributed by atoms with Crippen LogP contribution in [0, 0.1) is 0 Å². The molecule has 0 aliphatic carbocycles. The van der Waals surface area contributed by atoms with Crippen LogP contribution in [0.25, 0.3) is 0 Å². The second kappa shape index (κ2) is 5.11. The van der Waals surface area contributed by atoms with Gasteiger partial charge in [0.2, 0.25) is 5.91 Å². The number of nitrogens with one attached hydrogen (secondary N) is 3. The highest BCUT2D eigenvalue weighted by Gasteiger charge is 2.15. The fourth-order valence-corrected chi connectivity index (χ4v) is 1.11. The average Bonchev–Trinajstić information content (AvgIpc) is 1.95. The van der Waals surface area contributed by atoms with Crippen LogP contribution in [0.1, 0.15) is 13.3 Å². The van der Waals surface area contributed by atoms with Crippen LogP contribution in [0.5, 0.6) is 0 Å². The van der Waals surface area contributed by atoms with E-state index in [1.807, 2.05) is 6.92 Å². The van der Waals surface area contributed by atoms with Crippen molar-refractivity contribution in [1.29, 1.82) is 0 Å². The first-order chi connectivity index (χ1) is 5.83. The van der Waals surface area contributed by atoms with Gasteiger partial charge in [-0.1, -0.05) is 0 Å². The van der Waals surface area contributed by atoms with Crippen molar-refractivity contribution in [2.24, 2.45) is 0 Å². The summed E-state index contributed by atoms with van der Waals surface area (Å²) in [5.41, 5.74) is 0. The first-order valence-electron chi connectivity index (χ1n) is 4.53. The predicted octanol–water partition coefficient (Wildman–Crippen LogP) is -0.926. The maximum Gasteiger partial charge on any atom is 0.221 e. The lowest BCUT2D eigenvalue weighted by atomic mass is 10.2. The zero-order valence-corrected chi connectivity index (χ0v) is 7.52. The van der Waals surface area contributed by atoms with Crippen molar-refractivity contribution in [3.8, 4) is 0 Å². The molecule has 0 aromatic heterocycles. The van der Waals surface area contributed by atoms with Crippen LogP contribution < -0.4 is 16.0 Å². The molecule has 0 aromatic rings. The molecule has 12 heavy (non-hydrogen) atoms. The molecule has 3 N–H and O–H groups in total. The monoisotopic (exact) mass is 171 g/mol. The first kappa shape index (κ1) is 9.48. The van der Waals surface area contributed by atoms with Crippen molar-refractivity contribution in [3.63, 3.8) is 0 Å². The third-order valence-corrected chi connectivity index (χ3v) is 1.94. The van der Waals surface area contributed by atoms with Gasteiger partial charge in [-0.15, -0.1) is 0 Å². The molecule has 1 heterocycles. The Morgan fingerprint density at radius 2 is 2.33 bits per heavy atom. The van der Waals surface area contributed by atoms with E-state index >= 15 is 0 Å². The zero-order chi connectivity index (χ0) is 8.81. The van der Waals surface area contributed by atoms with Gasteiger partial charge < -0.3 is 16.0 Å². The fourth-order valence-electron chi connectivity index (χ4n) is 1.11. The predicted molar refractivity (Wildman–Crippen MR) is 48.0 cm³/mol. The molecule has 0 spiro atoms. The summed E-state index contributed by atoms with van der Waals surface area (Å²) in [6, 6.07) is 0.583. The van der Waals surface area contributed by atoms with Crippen LogP contribution in [0.3, 0.4) is 0 Å². The van der Waals surface area contributed by atoms with E-state index in [9.17, 15) is 4.79 Å². The summed E-state index contributed by atoms with van der Waals surface area (Å²) in [5.74, 6) is 0.136. The van der Waals surface area contributed by atoms with Crippen molar-refractivity contribution >= 4 is 5.91 Å². The quantitative estimate of drug-likeness (QED) is 0.501. The Bertz CT molecular complexity index is 145. The van der Waals surface area contributed by atoms with Crippen molar-refractivity contribution < 1.29 is 4.79 Å². The highest BCUT2D eigenvalue weighted by Crippen LogP contribution is 1.90. The summed E-state index contributed by atoms with van der Waals surface area (Å²) in [6.45, 7) is 5.52. The molecule has 1 aliphatic rings. The van der Waals surface area contributed by atoms with Crippen molar-refractivity contribution in [3.05, 3.63) is 0 Å². The molecule has 1 fully saturated rings. The van der Waals surface area contributed by atoms with Gasteiger partial charge in [0.25, 0.3) is 0 Å². The standard InChI is InChI=1S/C8H17N3O/c1-2-10-8(12)3-4-11-7-5-9-6-7/h7,9,11H,2-6H2,1H3,(H,10,12). The van der Waals surface area contributed by atoms with E-state index in [0.717, 1.165) is 26.2 Å². The molecule has 0 atom stereocenters. The smallest absolute Gasteiger partial charge is 0.221 e. The minimum atomic E-state index is 0.136. The molecule has 1 saturated heterocycles. The molecule has 0 aromatic carbocycles. The van der Waals surface area contributed by atoms with Gasteiger partial charge >= 0.3 is 0 Å². The Morgan fingerprint density at radius 1 is 1.58 bits per heavy atom. The van der Waals surface area contributed by atoms with Gasteiger partial charge in [-0.05, 0) is 6.92 Å². The summed E-state index contributed by atoms with van der Waals surface area (Å²) in [6.07, 6.45) is 0.588. The van der Waals surface area contributed by atoms with Gasteiger partial charge in [0.15, 0.2) is 0 Å². The lowest BCUT2D eigenvalue weighted by Gasteiger charge is -2.27. The third kappa shape index (κ3) is 3.19. The molecule has 4 heteroatoms. The first-order valence-corrected chi connectivity index (χ1v) is 4.53. The molecule has 0 unspecified atom stereocenters. The Hall–Kier alpha value is -0.610. The van der Waals surface area contributed by atoms with Gasteiger partial charge in [0.1, 0.15) is 0 Å². The van der Waals surface area contributed by atoms with E-state index < -0.39 is 0 Å². The second-order valence-electron chi connectivity index (χ2n) is 3.01. The van der Waals surface area contributed by atoms with Crippen LogP contribution >= 0.6 is 0 Å². The topological polar surface area (TPSA) is 53.2 Å². The molecule has 1 aliphatic heterocycles. The zero-order valence-electron chi connectivity index (χ0n) is 7.52. The van der Waals surface area contributed by atoms with Crippen molar-refractivity contribution in [2.75, 3.05) is 26.2 Å². The number of carbonyl (C=O) groups is 1. The van der Waals surface area contributed by atoms with E-state index in [1.165, 1.54) is 0 Å². The molecule has 4 nitrogen and oxygen atoms in total. The number of carbonyl (C=O) groups excluding carboxylic acids is 1. The minimum absolute atomic E-state index is 0.136. The Morgan fingerprint density at radius 3 is 2.83 bits per heavy atom. The molecule has 1 amide bonds. The summed E-state index contributed by atoms with van der Waals surface area (Å²) >= 11 is 0. The number of rotatable bonds is 5. The van der Waals surface area contributed by atoms with Gasteiger partial charge in [0, 0.05) is 38.6 Å². The Balaban J connectivity index is 1.90. The lowest BCUT2D eigenvalue weighted by molar-refractivity contribution is -0.120. The highest BCUT2D eigenvalue weighted by atomic mass is 16.1. The summed E-state index contributed by atoms with van der Waals surface area (Å²) in [7, 11) is 0. The highest BCUT2D eigenvalue weighted by molar-refractivity contribution is 5.75. The van der Waals surface area contributed by atoms with Crippen LogP contribution in [0.4, 0.5) is 0 Å². The molecule has 0 bridgehead atoms. The number of hydrogen-bond acceptors (Lipinski definition) is 3. The second-order valence-corrected chi connectivity index (χ2v) is 3.01. The van der Waals surface area contributed by atoms with Gasteiger partial charge in [-0.2, -0.15) is 0 Å². The van der Waals surface area contributed by atoms with Crippen molar-refractivity contribution in [2.45, 2.75) is 19.4 Å². The molecule has 0 radical (unpaired) electrons. The Labute approximate surface area is 73.1 Å². The largest absolute Gasteiger partial charge is 0.356 e. The van der Waals surface area contributed by atoms with E-state index in [-0.39, 0.29) is 5.91 Å². The van der Waals surface area contributed by atoms with Crippen LogP contribution in [0.2, 0.25) is 0 Å². The van der Waals surface area contributed by atoms with Crippen LogP contribution in [-0.4, -0.2) is 38.1 Å². The van der Waals surface area contributed by atoms with E-state index in [0.29, 0.717) is 12.5 Å². The van der Waals surface area contributed by atoms with Gasteiger partial charge in [0.05, 0.1) is 0 Å². The summed E-state index contributed by atoms with van der Waals surface area (Å²) in [5, 5.41) is 9.21. The molecular formula is C8H17N3O. The fraction of sp³-hybridized carbons (Fsp3) is 0.875. The maximum absolute atomic E-state index is 11.0. The molecular weight excluding hydrogens is 154 g/mol. The van der Waals surface area contributed by atoms with Crippen LogP contribution in [-0.2, 0) is 4.79 Å². The summed E-state index contributed by atoms with van der Waals surface area (Å²) < 4.78 is 0. The third-order valence-electron chi connectivity index (χ3n) is 1.94. The van der Waals surface area contributed by atoms with E-state index in [1.54, 1.807) is 0 Å². The SMILES string of the molecule is CCNC(=O)CCNC1CNC1. The average molecular weight is 171 g/mol. The number of amides is 1. The van der Waals surface area contributed by atoms with Crippen LogP contribution in [0.15, 0.2) is 0 Å². The lowest BCUT2D eigenvalue weighted by Crippen LogP contribution is -2.55. The van der Waals surface area contributed by atoms with Crippen molar-refractivity contribution in [1.82, 2.24) is 16.0 Å². The molecule has 70 valence electrons. The summed E-state index contributed by atoms with van der Waals surface area (Å²) in [4.78, 5) is 11.0. The van der Waals surface area contributed by atoms with E-state index in [2.05, 4.69) is 16.0 Å². The van der Waals surface area contributed by atoms with Gasteiger partial charge in [-0.3, -0.25) is 4.79 Å².